The minimum atomic E-state index is 0.511. The Bertz CT molecular complexity index is 3820. The Morgan fingerprint density at radius 3 is 1.31 bits per heavy atom. The maximum atomic E-state index is 6.63. The summed E-state index contributed by atoms with van der Waals surface area (Å²) in [6, 6.07) is 46.8. The molecule has 8 aromatic carbocycles. The molecular formula is C50H30N6O2. The molecule has 0 aliphatic rings. The summed E-state index contributed by atoms with van der Waals surface area (Å²) in [6.45, 7) is 4.38. The first-order chi connectivity index (χ1) is 28.6. The second-order valence-corrected chi connectivity index (χ2v) is 15.2. The van der Waals surface area contributed by atoms with Crippen LogP contribution in [0.2, 0.25) is 0 Å². The second-order valence-electron chi connectivity index (χ2n) is 15.2. The van der Waals surface area contributed by atoms with Gasteiger partial charge in [-0.2, -0.15) is 0 Å². The molecule has 0 N–H and O–H groups in total. The van der Waals surface area contributed by atoms with Gasteiger partial charge in [-0.25, -0.2) is 19.9 Å². The standard InChI is InChI=1S/C50H30N6O2/c1-27-23-31-15-17-33(27)35-11-3-7-29-8-4-12-36(43(29)35)34-18-16-32(24-28(34)2)56-26-52-40-20-22-42-46(48(40)56)54-50(58-42)38-14-6-10-30-9-5-13-37(44(30)38)49-53-45-41(57-49)21-19-39-47(45)55(31)25-51-39/h3-26H,1-2H3. The predicted octanol–water partition coefficient (Wildman–Crippen LogP) is 12.8. The van der Waals surface area contributed by atoms with E-state index in [0.717, 1.165) is 76.8 Å². The normalized spacial score (nSPS) is 12.3. The van der Waals surface area contributed by atoms with Crippen LogP contribution in [0, 0.1) is 13.8 Å². The van der Waals surface area contributed by atoms with Gasteiger partial charge >= 0.3 is 0 Å². The number of imidazole rings is 2. The Hall–Kier alpha value is -7.84. The van der Waals surface area contributed by atoms with Crippen LogP contribution in [0.5, 0.6) is 0 Å². The quantitative estimate of drug-likeness (QED) is 0.154. The first-order valence-corrected chi connectivity index (χ1v) is 19.4. The molecule has 8 bridgehead atoms. The van der Waals surface area contributed by atoms with E-state index in [4.69, 9.17) is 28.8 Å². The smallest absolute Gasteiger partial charge is 0.228 e. The number of benzene rings is 8. The van der Waals surface area contributed by atoms with Gasteiger partial charge in [-0.05, 0) is 123 Å². The topological polar surface area (TPSA) is 86.7 Å². The lowest BCUT2D eigenvalue weighted by molar-refractivity contribution is 0.663. The number of hydrogen-bond acceptors (Lipinski definition) is 6. The van der Waals surface area contributed by atoms with E-state index in [1.54, 1.807) is 0 Å². The van der Waals surface area contributed by atoms with E-state index in [0.29, 0.717) is 22.6 Å². The highest BCUT2D eigenvalue weighted by Crippen LogP contribution is 2.36. The minimum Gasteiger partial charge on any atom is -0.436 e. The average Bonchev–Trinajstić information content (AvgIpc) is 4.06. The van der Waals surface area contributed by atoms with E-state index in [-0.39, 0.29) is 0 Å². The van der Waals surface area contributed by atoms with Crippen molar-refractivity contribution < 1.29 is 8.83 Å². The second kappa shape index (κ2) is 11.4. The van der Waals surface area contributed by atoms with Crippen LogP contribution < -0.4 is 0 Å². The first kappa shape index (κ1) is 31.4. The molecule has 272 valence electrons. The fourth-order valence-electron chi connectivity index (χ4n) is 9.29. The van der Waals surface area contributed by atoms with Gasteiger partial charge in [0, 0.05) is 27.2 Å². The first-order valence-electron chi connectivity index (χ1n) is 19.4. The summed E-state index contributed by atoms with van der Waals surface area (Å²) in [5, 5.41) is 10.8. The zero-order chi connectivity index (χ0) is 38.2. The van der Waals surface area contributed by atoms with Crippen LogP contribution in [0.25, 0.3) is 121 Å². The van der Waals surface area contributed by atoms with Crippen LogP contribution in [0.15, 0.2) is 155 Å². The van der Waals surface area contributed by atoms with Crippen molar-refractivity contribution in [1.29, 1.82) is 0 Å². The molecule has 0 saturated carbocycles. The van der Waals surface area contributed by atoms with Gasteiger partial charge in [-0.3, -0.25) is 8.80 Å². The molecule has 0 aliphatic carbocycles. The van der Waals surface area contributed by atoms with Crippen molar-refractivity contribution in [2.75, 3.05) is 0 Å². The molecular weight excluding hydrogens is 717 g/mol. The molecule has 8 nitrogen and oxygen atoms in total. The van der Waals surface area contributed by atoms with Crippen molar-refractivity contribution in [1.82, 2.24) is 28.7 Å². The molecule has 8 heterocycles. The van der Waals surface area contributed by atoms with Crippen LogP contribution in [0.4, 0.5) is 0 Å². The lowest BCUT2D eigenvalue weighted by Crippen LogP contribution is -1.87. The molecule has 0 radical (unpaired) electrons. The maximum Gasteiger partial charge on any atom is 0.228 e. The number of nitrogens with zero attached hydrogens (tertiary/aromatic N) is 6. The maximum absolute atomic E-state index is 6.63. The molecule has 0 fully saturated rings. The third kappa shape index (κ3) is 4.28. The highest BCUT2D eigenvalue weighted by atomic mass is 16.3. The van der Waals surface area contributed by atoms with Gasteiger partial charge in [-0.1, -0.05) is 72.8 Å². The van der Waals surface area contributed by atoms with E-state index >= 15 is 0 Å². The van der Waals surface area contributed by atoms with E-state index in [1.165, 1.54) is 32.3 Å². The number of hydrogen-bond donors (Lipinski definition) is 0. The van der Waals surface area contributed by atoms with Gasteiger partial charge < -0.3 is 8.83 Å². The fourth-order valence-corrected chi connectivity index (χ4v) is 9.29. The molecule has 0 atom stereocenters. The minimum absolute atomic E-state index is 0.511. The van der Waals surface area contributed by atoms with Crippen molar-refractivity contribution in [3.05, 3.63) is 157 Å². The van der Waals surface area contributed by atoms with E-state index in [1.807, 2.05) is 49.1 Å². The van der Waals surface area contributed by atoms with Crippen molar-refractivity contribution >= 4 is 121 Å². The van der Waals surface area contributed by atoms with Gasteiger partial charge in [-0.15, -0.1) is 0 Å². The van der Waals surface area contributed by atoms with Crippen LogP contribution in [0.3, 0.4) is 0 Å². The largest absolute Gasteiger partial charge is 0.436 e. The van der Waals surface area contributed by atoms with E-state index in [9.17, 15) is 0 Å². The molecule has 8 aromatic heterocycles. The summed E-state index contributed by atoms with van der Waals surface area (Å²) >= 11 is 0. The van der Waals surface area contributed by atoms with Gasteiger partial charge in [0.2, 0.25) is 11.4 Å². The average molecular weight is 747 g/mol. The molecule has 0 amide bonds. The van der Waals surface area contributed by atoms with Crippen LogP contribution in [-0.2, 0) is 0 Å². The fraction of sp³-hybridized carbons (Fsp3) is 0.0400. The highest BCUT2D eigenvalue weighted by Gasteiger charge is 2.17. The summed E-state index contributed by atoms with van der Waals surface area (Å²) < 4.78 is 17.5. The van der Waals surface area contributed by atoms with Gasteiger partial charge in [0.1, 0.15) is 34.7 Å². The molecule has 0 aliphatic heterocycles. The summed E-state index contributed by atoms with van der Waals surface area (Å²) in [5.41, 5.74) is 11.6. The van der Waals surface area contributed by atoms with Gasteiger partial charge in [0.05, 0.1) is 11.0 Å². The Balaban J connectivity index is 1.26. The van der Waals surface area contributed by atoms with E-state index in [2.05, 4.69) is 120 Å². The summed E-state index contributed by atoms with van der Waals surface area (Å²) in [6.07, 6.45) is 3.76. The molecule has 0 spiro atoms. The lowest BCUT2D eigenvalue weighted by Gasteiger charge is -2.09. The SMILES string of the molecule is Cc1cc2ccc1c1cccc3cccc(c4ccc(cc4C)n4cnc5ccc6oc(nc6c54)c4cccc5cccc(c6nc7c(ccc8ncn2c87)o6)c54)c31. The Kier molecular flexibility index (Phi) is 6.15. The Morgan fingerprint density at radius 1 is 0.431 bits per heavy atom. The Morgan fingerprint density at radius 2 is 0.862 bits per heavy atom. The Labute approximate surface area is 328 Å². The number of aromatic nitrogens is 6. The monoisotopic (exact) mass is 746 g/mol. The van der Waals surface area contributed by atoms with Crippen molar-refractivity contribution in [3.8, 4) is 0 Å². The third-order valence-electron chi connectivity index (χ3n) is 12.0. The van der Waals surface area contributed by atoms with Crippen LogP contribution >= 0.6 is 0 Å². The van der Waals surface area contributed by atoms with Crippen molar-refractivity contribution in [2.24, 2.45) is 0 Å². The molecule has 0 unspecified atom stereocenters. The molecule has 58 heavy (non-hydrogen) atoms. The predicted molar refractivity (Wildman–Crippen MR) is 235 cm³/mol. The molecule has 16 rings (SSSR count). The molecule has 0 saturated heterocycles. The zero-order valence-electron chi connectivity index (χ0n) is 31.4. The van der Waals surface area contributed by atoms with E-state index < -0.39 is 0 Å². The zero-order valence-corrected chi connectivity index (χ0v) is 31.4. The lowest BCUT2D eigenvalue weighted by atomic mass is 9.96. The molecule has 8 heteroatoms. The van der Waals surface area contributed by atoms with Gasteiger partial charge in [0.25, 0.3) is 0 Å². The van der Waals surface area contributed by atoms with Gasteiger partial charge in [0.15, 0.2) is 11.2 Å². The molecule has 16 aromatic rings. The number of oxazole rings is 2. The highest BCUT2D eigenvalue weighted by molar-refractivity contribution is 6.20. The number of aryl methyl sites for hydroxylation is 2. The van der Waals surface area contributed by atoms with Crippen LogP contribution in [0.1, 0.15) is 11.1 Å². The third-order valence-corrected chi connectivity index (χ3v) is 12.0. The van der Waals surface area contributed by atoms with Crippen molar-refractivity contribution in [3.63, 3.8) is 0 Å². The number of rotatable bonds is 0. The van der Waals surface area contributed by atoms with Crippen LogP contribution in [-0.4, -0.2) is 28.7 Å². The summed E-state index contributed by atoms with van der Waals surface area (Å²) in [7, 11) is 0. The summed E-state index contributed by atoms with van der Waals surface area (Å²) in [5.74, 6) is 0. The summed E-state index contributed by atoms with van der Waals surface area (Å²) in [4.78, 5) is 20.1. The van der Waals surface area contributed by atoms with Crippen molar-refractivity contribution in [2.45, 2.75) is 13.8 Å².